The van der Waals surface area contributed by atoms with Crippen LogP contribution in [0.25, 0.3) is 0 Å². The van der Waals surface area contributed by atoms with E-state index in [-0.39, 0.29) is 5.25 Å². The predicted octanol–water partition coefficient (Wildman–Crippen LogP) is 0.477. The summed E-state index contributed by atoms with van der Waals surface area (Å²) in [6.07, 6.45) is 1.58. The number of rotatable bonds is 3. The van der Waals surface area contributed by atoms with Crippen LogP contribution in [0.4, 0.5) is 5.13 Å². The molecule has 2 aliphatic rings. The van der Waals surface area contributed by atoms with E-state index in [9.17, 15) is 8.42 Å². The molecule has 7 nitrogen and oxygen atoms in total. The summed E-state index contributed by atoms with van der Waals surface area (Å²) in [7, 11) is -3.25. The van der Waals surface area contributed by atoms with E-state index in [0.29, 0.717) is 39.3 Å². The molecule has 21 heavy (non-hydrogen) atoms. The van der Waals surface area contributed by atoms with Crippen LogP contribution < -0.4 is 4.90 Å². The maximum absolute atomic E-state index is 12.7. The maximum atomic E-state index is 12.7. The Balaban J connectivity index is 1.73. The van der Waals surface area contributed by atoms with Gasteiger partial charge in [-0.25, -0.2) is 8.42 Å². The van der Waals surface area contributed by atoms with Gasteiger partial charge in [0.15, 0.2) is 0 Å². The highest BCUT2D eigenvalue weighted by Gasteiger charge is 2.36. The summed E-state index contributed by atoms with van der Waals surface area (Å²) in [5.41, 5.74) is 0. The Morgan fingerprint density at radius 1 is 1.24 bits per heavy atom. The topological polar surface area (TPSA) is 75.6 Å². The van der Waals surface area contributed by atoms with Crippen molar-refractivity contribution < 1.29 is 13.2 Å². The number of anilines is 1. The van der Waals surface area contributed by atoms with Gasteiger partial charge in [0.2, 0.25) is 15.2 Å². The van der Waals surface area contributed by atoms with Gasteiger partial charge < -0.3 is 9.64 Å². The number of nitrogens with zero attached hydrogens (tertiary/aromatic N) is 4. The first kappa shape index (κ1) is 15.1. The fourth-order valence-corrected chi connectivity index (χ4v) is 5.42. The van der Waals surface area contributed by atoms with Gasteiger partial charge in [0, 0.05) is 26.2 Å². The van der Waals surface area contributed by atoms with Crippen molar-refractivity contribution in [3.05, 3.63) is 5.01 Å². The summed E-state index contributed by atoms with van der Waals surface area (Å²) in [5, 5.41) is 9.53. The standard InChI is InChI=1S/C12H20N4O3S2/c1-10-13-14-12(20-10)15-4-2-3-11(9-15)21(17,18)16-5-7-19-8-6-16/h11H,2-9H2,1H3/t11-/m1/s1. The van der Waals surface area contributed by atoms with Crippen molar-refractivity contribution >= 4 is 26.5 Å². The van der Waals surface area contributed by atoms with Crippen molar-refractivity contribution in [2.45, 2.75) is 25.0 Å². The first-order chi connectivity index (χ1) is 10.1. The Morgan fingerprint density at radius 2 is 2.00 bits per heavy atom. The largest absolute Gasteiger partial charge is 0.379 e. The van der Waals surface area contributed by atoms with Crippen LogP contribution in [0.1, 0.15) is 17.8 Å². The smallest absolute Gasteiger partial charge is 0.218 e. The number of aryl methyl sites for hydroxylation is 1. The second kappa shape index (κ2) is 6.15. The Bertz CT molecular complexity index is 583. The van der Waals surface area contributed by atoms with Gasteiger partial charge in [-0.1, -0.05) is 11.3 Å². The molecule has 0 spiro atoms. The molecule has 0 unspecified atom stereocenters. The number of hydrogen-bond donors (Lipinski definition) is 0. The molecule has 0 aliphatic carbocycles. The van der Waals surface area contributed by atoms with Crippen LogP contribution in [0.5, 0.6) is 0 Å². The molecule has 0 saturated carbocycles. The lowest BCUT2D eigenvalue weighted by atomic mass is 10.1. The Morgan fingerprint density at radius 3 is 2.67 bits per heavy atom. The lowest BCUT2D eigenvalue weighted by Crippen LogP contribution is -2.50. The van der Waals surface area contributed by atoms with Crippen molar-refractivity contribution in [1.82, 2.24) is 14.5 Å². The molecule has 3 heterocycles. The summed E-state index contributed by atoms with van der Waals surface area (Å²) < 4.78 is 32.3. The lowest BCUT2D eigenvalue weighted by Gasteiger charge is -2.36. The van der Waals surface area contributed by atoms with Crippen LogP contribution in [0.15, 0.2) is 0 Å². The molecule has 0 N–H and O–H groups in total. The van der Waals surface area contributed by atoms with Crippen molar-refractivity contribution in [1.29, 1.82) is 0 Å². The molecule has 1 aromatic heterocycles. The number of ether oxygens (including phenoxy) is 1. The Labute approximate surface area is 129 Å². The minimum absolute atomic E-state index is 0.353. The first-order valence-electron chi connectivity index (χ1n) is 7.19. The number of morpholine rings is 1. The van der Waals surface area contributed by atoms with Gasteiger partial charge in [-0.15, -0.1) is 10.2 Å². The van der Waals surface area contributed by atoms with Crippen LogP contribution in [-0.2, 0) is 14.8 Å². The van der Waals surface area contributed by atoms with E-state index in [4.69, 9.17) is 4.74 Å². The molecule has 1 aromatic rings. The summed E-state index contributed by atoms with van der Waals surface area (Å²) in [4.78, 5) is 2.05. The van der Waals surface area contributed by atoms with Crippen LogP contribution in [0, 0.1) is 6.92 Å². The summed E-state index contributed by atoms with van der Waals surface area (Å²) in [6.45, 7) is 5.19. The molecule has 0 radical (unpaired) electrons. The summed E-state index contributed by atoms with van der Waals surface area (Å²) >= 11 is 1.52. The molecule has 2 saturated heterocycles. The lowest BCUT2D eigenvalue weighted by molar-refractivity contribution is 0.0725. The van der Waals surface area contributed by atoms with E-state index in [2.05, 4.69) is 15.1 Å². The van der Waals surface area contributed by atoms with Crippen molar-refractivity contribution in [2.24, 2.45) is 0 Å². The van der Waals surface area contributed by atoms with E-state index < -0.39 is 10.0 Å². The highest BCUT2D eigenvalue weighted by atomic mass is 32.2. The second-order valence-electron chi connectivity index (χ2n) is 5.37. The van der Waals surface area contributed by atoms with Crippen LogP contribution in [0.3, 0.4) is 0 Å². The van der Waals surface area contributed by atoms with E-state index in [1.165, 1.54) is 11.3 Å². The van der Waals surface area contributed by atoms with Crippen molar-refractivity contribution in [3.8, 4) is 0 Å². The zero-order chi connectivity index (χ0) is 14.9. The summed E-state index contributed by atoms with van der Waals surface area (Å²) in [5.74, 6) is 0. The second-order valence-corrected chi connectivity index (χ2v) is 8.74. The van der Waals surface area contributed by atoms with Gasteiger partial charge in [-0.05, 0) is 19.8 Å². The molecule has 2 aliphatic heterocycles. The van der Waals surface area contributed by atoms with Crippen LogP contribution in [-0.4, -0.2) is 67.6 Å². The monoisotopic (exact) mass is 332 g/mol. The van der Waals surface area contributed by atoms with Gasteiger partial charge in [-0.3, -0.25) is 0 Å². The molecule has 0 bridgehead atoms. The molecule has 118 valence electrons. The third-order valence-electron chi connectivity index (χ3n) is 3.92. The van der Waals surface area contributed by atoms with Gasteiger partial charge >= 0.3 is 0 Å². The molecule has 0 aromatic carbocycles. The van der Waals surface area contributed by atoms with Crippen molar-refractivity contribution in [3.63, 3.8) is 0 Å². The summed E-state index contributed by atoms with van der Waals surface area (Å²) in [6, 6.07) is 0. The first-order valence-corrected chi connectivity index (χ1v) is 9.51. The predicted molar refractivity (Wildman–Crippen MR) is 81.2 cm³/mol. The minimum Gasteiger partial charge on any atom is -0.379 e. The third-order valence-corrected chi connectivity index (χ3v) is 7.13. The highest BCUT2D eigenvalue weighted by molar-refractivity contribution is 7.89. The molecule has 3 rings (SSSR count). The number of sulfonamides is 1. The molecule has 9 heteroatoms. The average molecular weight is 332 g/mol. The number of aromatic nitrogens is 2. The Hall–Kier alpha value is -0.770. The zero-order valence-corrected chi connectivity index (χ0v) is 13.7. The number of hydrogen-bond acceptors (Lipinski definition) is 7. The van der Waals surface area contributed by atoms with Gasteiger partial charge in [0.1, 0.15) is 5.01 Å². The highest BCUT2D eigenvalue weighted by Crippen LogP contribution is 2.27. The fourth-order valence-electron chi connectivity index (χ4n) is 2.78. The van der Waals surface area contributed by atoms with Gasteiger partial charge in [0.25, 0.3) is 0 Å². The molecule has 0 amide bonds. The molecular formula is C12H20N4O3S2. The van der Waals surface area contributed by atoms with E-state index >= 15 is 0 Å². The van der Waals surface area contributed by atoms with Crippen LogP contribution >= 0.6 is 11.3 Å². The van der Waals surface area contributed by atoms with Gasteiger partial charge in [-0.2, -0.15) is 4.31 Å². The van der Waals surface area contributed by atoms with E-state index in [0.717, 1.165) is 23.1 Å². The molecule has 1 atom stereocenters. The zero-order valence-electron chi connectivity index (χ0n) is 12.1. The minimum atomic E-state index is -3.25. The quantitative estimate of drug-likeness (QED) is 0.801. The fraction of sp³-hybridized carbons (Fsp3) is 0.833. The van der Waals surface area contributed by atoms with E-state index in [1.54, 1.807) is 4.31 Å². The molecular weight excluding hydrogens is 312 g/mol. The maximum Gasteiger partial charge on any atom is 0.218 e. The Kier molecular flexibility index (Phi) is 4.43. The SMILES string of the molecule is Cc1nnc(N2CCC[C@@H](S(=O)(=O)N3CCOCC3)C2)s1. The van der Waals surface area contributed by atoms with Crippen molar-refractivity contribution in [2.75, 3.05) is 44.3 Å². The third kappa shape index (κ3) is 3.20. The average Bonchev–Trinajstić information content (AvgIpc) is 2.95. The molecule has 2 fully saturated rings. The van der Waals surface area contributed by atoms with E-state index in [1.807, 2.05) is 6.92 Å². The van der Waals surface area contributed by atoms with Crippen LogP contribution in [0.2, 0.25) is 0 Å². The normalized spacial score (nSPS) is 25.2. The van der Waals surface area contributed by atoms with Gasteiger partial charge in [0.05, 0.1) is 18.5 Å². The number of piperidine rings is 1.